The molecule has 1 aromatic carbocycles. The Morgan fingerprint density at radius 3 is 2.35 bits per heavy atom. The van der Waals surface area contributed by atoms with E-state index in [1.54, 1.807) is 0 Å². The Labute approximate surface area is 103 Å². The summed E-state index contributed by atoms with van der Waals surface area (Å²) in [6.07, 6.45) is 5.96. The van der Waals surface area contributed by atoms with Crippen LogP contribution in [0, 0.1) is 6.92 Å². The van der Waals surface area contributed by atoms with E-state index in [4.69, 9.17) is 0 Å². The Kier molecular flexibility index (Phi) is 3.51. The van der Waals surface area contributed by atoms with Gasteiger partial charge in [-0.1, -0.05) is 55.5 Å². The zero-order valence-electron chi connectivity index (χ0n) is 10.4. The molecule has 0 atom stereocenters. The maximum Gasteiger partial charge on any atom is 0.314 e. The van der Waals surface area contributed by atoms with Crippen molar-refractivity contribution in [1.82, 2.24) is 0 Å². The van der Waals surface area contributed by atoms with Crippen LogP contribution in [0.25, 0.3) is 0 Å². The van der Waals surface area contributed by atoms with Crippen molar-refractivity contribution in [2.24, 2.45) is 0 Å². The second-order valence-electron chi connectivity index (χ2n) is 5.17. The molecule has 17 heavy (non-hydrogen) atoms. The fourth-order valence-electron chi connectivity index (χ4n) is 2.90. The second-order valence-corrected chi connectivity index (χ2v) is 5.17. The van der Waals surface area contributed by atoms with E-state index in [1.165, 1.54) is 12.8 Å². The molecule has 0 unspecified atom stereocenters. The number of carbonyl (C=O) groups is 1. The van der Waals surface area contributed by atoms with Crippen LogP contribution in [0.3, 0.4) is 0 Å². The molecule has 0 aromatic heterocycles. The minimum atomic E-state index is -0.648. The van der Waals surface area contributed by atoms with Crippen LogP contribution in [-0.2, 0) is 10.2 Å². The van der Waals surface area contributed by atoms with Crippen LogP contribution in [-0.4, -0.2) is 11.1 Å². The van der Waals surface area contributed by atoms with E-state index in [1.807, 2.05) is 31.2 Å². The van der Waals surface area contributed by atoms with E-state index < -0.39 is 11.4 Å². The lowest BCUT2D eigenvalue weighted by atomic mass is 9.74. The van der Waals surface area contributed by atoms with Gasteiger partial charge >= 0.3 is 5.97 Å². The molecule has 2 rings (SSSR count). The summed E-state index contributed by atoms with van der Waals surface area (Å²) >= 11 is 0. The lowest BCUT2D eigenvalue weighted by molar-refractivity contribution is -0.144. The van der Waals surface area contributed by atoms with Crippen molar-refractivity contribution in [1.29, 1.82) is 0 Å². The summed E-state index contributed by atoms with van der Waals surface area (Å²) in [5.41, 5.74) is 1.50. The van der Waals surface area contributed by atoms with Crippen molar-refractivity contribution < 1.29 is 9.90 Å². The van der Waals surface area contributed by atoms with Crippen molar-refractivity contribution in [2.45, 2.75) is 50.9 Å². The number of rotatable bonds is 2. The molecule has 1 aliphatic rings. The zero-order valence-corrected chi connectivity index (χ0v) is 10.4. The van der Waals surface area contributed by atoms with Crippen molar-refractivity contribution >= 4 is 5.97 Å². The van der Waals surface area contributed by atoms with E-state index in [-0.39, 0.29) is 0 Å². The first kappa shape index (κ1) is 12.2. The van der Waals surface area contributed by atoms with Crippen LogP contribution >= 0.6 is 0 Å². The molecule has 0 heterocycles. The van der Waals surface area contributed by atoms with Crippen LogP contribution in [0.5, 0.6) is 0 Å². The van der Waals surface area contributed by atoms with Gasteiger partial charge in [-0.15, -0.1) is 0 Å². The van der Waals surface area contributed by atoms with Crippen molar-refractivity contribution in [2.75, 3.05) is 0 Å². The second kappa shape index (κ2) is 4.91. The number of hydrogen-bond donors (Lipinski definition) is 1. The van der Waals surface area contributed by atoms with Crippen molar-refractivity contribution in [3.05, 3.63) is 35.4 Å². The fraction of sp³-hybridized carbons (Fsp3) is 0.533. The minimum Gasteiger partial charge on any atom is -0.481 e. The van der Waals surface area contributed by atoms with E-state index >= 15 is 0 Å². The summed E-state index contributed by atoms with van der Waals surface area (Å²) in [7, 11) is 0. The van der Waals surface area contributed by atoms with Gasteiger partial charge in [-0.05, 0) is 25.3 Å². The standard InChI is InChI=1S/C15H20O2/c1-12-7-6-8-13(11-12)15(14(16)17)9-4-2-3-5-10-15/h6-8,11H,2-5,9-10H2,1H3,(H,16,17). The highest BCUT2D eigenvalue weighted by Gasteiger charge is 2.40. The third kappa shape index (κ3) is 2.36. The summed E-state index contributed by atoms with van der Waals surface area (Å²) in [6, 6.07) is 8.02. The molecular formula is C15H20O2. The zero-order chi connectivity index (χ0) is 12.3. The van der Waals surface area contributed by atoms with Gasteiger partial charge in [0.15, 0.2) is 0 Å². The van der Waals surface area contributed by atoms with Crippen molar-refractivity contribution in [3.8, 4) is 0 Å². The first-order chi connectivity index (χ1) is 8.15. The summed E-state index contributed by atoms with van der Waals surface area (Å²) in [5.74, 6) is -0.648. The third-order valence-electron chi connectivity index (χ3n) is 3.94. The highest BCUT2D eigenvalue weighted by atomic mass is 16.4. The van der Waals surface area contributed by atoms with Crippen LogP contribution in [0.15, 0.2) is 24.3 Å². The van der Waals surface area contributed by atoms with E-state index in [2.05, 4.69) is 0 Å². The number of aliphatic carboxylic acids is 1. The molecule has 0 amide bonds. The molecule has 1 fully saturated rings. The van der Waals surface area contributed by atoms with E-state index in [0.29, 0.717) is 0 Å². The molecule has 2 nitrogen and oxygen atoms in total. The number of carboxylic acid groups (broad SMARTS) is 1. The molecule has 0 spiro atoms. The maximum absolute atomic E-state index is 11.7. The Morgan fingerprint density at radius 1 is 1.18 bits per heavy atom. The smallest absolute Gasteiger partial charge is 0.314 e. The van der Waals surface area contributed by atoms with Gasteiger partial charge in [0.1, 0.15) is 0 Å². The topological polar surface area (TPSA) is 37.3 Å². The lowest BCUT2D eigenvalue weighted by Gasteiger charge is -2.28. The summed E-state index contributed by atoms with van der Waals surface area (Å²) in [6.45, 7) is 2.02. The van der Waals surface area contributed by atoms with Gasteiger partial charge in [0.25, 0.3) is 0 Å². The van der Waals surface area contributed by atoms with Crippen LogP contribution in [0.4, 0.5) is 0 Å². The van der Waals surface area contributed by atoms with Gasteiger partial charge in [0.05, 0.1) is 5.41 Å². The molecule has 1 aromatic rings. The molecule has 92 valence electrons. The number of benzene rings is 1. The molecule has 1 aliphatic carbocycles. The molecule has 0 aliphatic heterocycles. The van der Waals surface area contributed by atoms with Gasteiger partial charge in [-0.25, -0.2) is 0 Å². The number of hydrogen-bond acceptors (Lipinski definition) is 1. The molecular weight excluding hydrogens is 212 g/mol. The third-order valence-corrected chi connectivity index (χ3v) is 3.94. The Hall–Kier alpha value is -1.31. The highest BCUT2D eigenvalue weighted by molar-refractivity contribution is 5.81. The van der Waals surface area contributed by atoms with Crippen molar-refractivity contribution in [3.63, 3.8) is 0 Å². The van der Waals surface area contributed by atoms with E-state index in [9.17, 15) is 9.90 Å². The minimum absolute atomic E-state index is 0.636. The summed E-state index contributed by atoms with van der Waals surface area (Å²) in [5, 5.41) is 9.66. The first-order valence-corrected chi connectivity index (χ1v) is 6.46. The lowest BCUT2D eigenvalue weighted by Crippen LogP contribution is -2.35. The maximum atomic E-state index is 11.7. The summed E-state index contributed by atoms with van der Waals surface area (Å²) in [4.78, 5) is 11.7. The van der Waals surface area contributed by atoms with Crippen LogP contribution in [0.2, 0.25) is 0 Å². The van der Waals surface area contributed by atoms with Crippen LogP contribution < -0.4 is 0 Å². The molecule has 0 saturated heterocycles. The highest BCUT2D eigenvalue weighted by Crippen LogP contribution is 2.38. The molecule has 0 bridgehead atoms. The van der Waals surface area contributed by atoms with Gasteiger partial charge < -0.3 is 5.11 Å². The average Bonchev–Trinajstić information content (AvgIpc) is 2.55. The Bertz CT molecular complexity index is 401. The van der Waals surface area contributed by atoms with E-state index in [0.717, 1.165) is 36.8 Å². The van der Waals surface area contributed by atoms with Gasteiger partial charge in [0.2, 0.25) is 0 Å². The Morgan fingerprint density at radius 2 is 1.82 bits per heavy atom. The Balaban J connectivity index is 2.42. The molecule has 1 N–H and O–H groups in total. The predicted octanol–water partition coefficient (Wildman–Crippen LogP) is 3.67. The fourth-order valence-corrected chi connectivity index (χ4v) is 2.90. The van der Waals surface area contributed by atoms with Gasteiger partial charge in [-0.3, -0.25) is 4.79 Å². The average molecular weight is 232 g/mol. The number of carboxylic acids is 1. The van der Waals surface area contributed by atoms with Gasteiger partial charge in [-0.2, -0.15) is 0 Å². The molecule has 0 radical (unpaired) electrons. The predicted molar refractivity (Wildman–Crippen MR) is 68.2 cm³/mol. The quantitative estimate of drug-likeness (QED) is 0.790. The van der Waals surface area contributed by atoms with Crippen LogP contribution in [0.1, 0.15) is 49.7 Å². The monoisotopic (exact) mass is 232 g/mol. The molecule has 2 heteroatoms. The SMILES string of the molecule is Cc1cccc(C2(C(=O)O)CCCCCC2)c1. The largest absolute Gasteiger partial charge is 0.481 e. The normalized spacial score (nSPS) is 19.6. The number of aryl methyl sites for hydroxylation is 1. The summed E-state index contributed by atoms with van der Waals surface area (Å²) < 4.78 is 0. The first-order valence-electron chi connectivity index (χ1n) is 6.46. The van der Waals surface area contributed by atoms with Gasteiger partial charge in [0, 0.05) is 0 Å². The molecule has 1 saturated carbocycles.